The molecule has 0 aromatic rings. The van der Waals surface area contributed by atoms with Gasteiger partial charge in [0.05, 0.1) is 6.61 Å². The lowest BCUT2D eigenvalue weighted by Crippen LogP contribution is -2.13. The molecule has 0 amide bonds. The van der Waals surface area contributed by atoms with Crippen molar-refractivity contribution in [1.29, 1.82) is 0 Å². The largest absolute Gasteiger partial charge is 0.478 e. The number of carbonyl (C=O) groups is 2. The maximum absolute atomic E-state index is 10.7. The van der Waals surface area contributed by atoms with Crippen LogP contribution in [0.1, 0.15) is 46.0 Å². The van der Waals surface area contributed by atoms with Crippen LogP contribution in [0.4, 0.5) is 0 Å². The van der Waals surface area contributed by atoms with Crippen molar-refractivity contribution in [3.05, 3.63) is 23.3 Å². The molecule has 1 saturated heterocycles. The molecule has 5 nitrogen and oxygen atoms in total. The molecule has 1 fully saturated rings. The van der Waals surface area contributed by atoms with Gasteiger partial charge in [-0.3, -0.25) is 0 Å². The second-order valence-corrected chi connectivity index (χ2v) is 5.32. The fourth-order valence-corrected chi connectivity index (χ4v) is 1.81. The molecule has 1 aliphatic heterocycles. The number of esters is 1. The van der Waals surface area contributed by atoms with E-state index in [0.717, 1.165) is 32.1 Å². The molecule has 21 heavy (non-hydrogen) atoms. The van der Waals surface area contributed by atoms with Gasteiger partial charge in [-0.05, 0) is 32.6 Å². The zero-order chi connectivity index (χ0) is 15.8. The quantitative estimate of drug-likeness (QED) is 0.444. The van der Waals surface area contributed by atoms with Crippen LogP contribution in [0.15, 0.2) is 23.3 Å². The predicted molar refractivity (Wildman–Crippen MR) is 78.9 cm³/mol. The number of aliphatic carboxylic acids is 1. The van der Waals surface area contributed by atoms with E-state index in [4.69, 9.17) is 14.6 Å². The van der Waals surface area contributed by atoms with Crippen molar-refractivity contribution in [1.82, 2.24) is 0 Å². The van der Waals surface area contributed by atoms with Crippen LogP contribution in [0.2, 0.25) is 0 Å². The molecule has 1 N–H and O–H groups in total. The van der Waals surface area contributed by atoms with Crippen LogP contribution in [0, 0.1) is 0 Å². The molecule has 0 aromatic carbocycles. The van der Waals surface area contributed by atoms with Gasteiger partial charge in [-0.1, -0.05) is 25.5 Å². The summed E-state index contributed by atoms with van der Waals surface area (Å²) in [6.07, 6.45) is 5.22. The number of hydrogen-bond acceptors (Lipinski definition) is 4. The first kappa shape index (κ1) is 17.4. The Bertz CT molecular complexity index is 432. The Kier molecular flexibility index (Phi) is 7.15. The zero-order valence-electron chi connectivity index (χ0n) is 12.8. The zero-order valence-corrected chi connectivity index (χ0v) is 12.8. The van der Waals surface area contributed by atoms with E-state index in [0.29, 0.717) is 24.4 Å². The minimum Gasteiger partial charge on any atom is -0.478 e. The molecule has 1 aliphatic carbocycles. The van der Waals surface area contributed by atoms with E-state index in [9.17, 15) is 9.59 Å². The topological polar surface area (TPSA) is 76.1 Å². The summed E-state index contributed by atoms with van der Waals surface area (Å²) in [5, 5.41) is 8.65. The highest BCUT2D eigenvalue weighted by Gasteiger charge is 2.24. The Morgan fingerprint density at radius 1 is 1.43 bits per heavy atom. The molecule has 5 heteroatoms. The molecule has 2 aliphatic rings. The number of carboxylic acids is 1. The van der Waals surface area contributed by atoms with E-state index in [1.807, 2.05) is 0 Å². The number of unbranched alkanes of at least 4 members (excludes halogenated alkanes) is 1. The van der Waals surface area contributed by atoms with Gasteiger partial charge in [0, 0.05) is 11.1 Å². The number of allylic oxidation sites excluding steroid dienone is 1. The number of ether oxygens (including phenoxy) is 2. The summed E-state index contributed by atoms with van der Waals surface area (Å²) in [7, 11) is 0. The smallest absolute Gasteiger partial charge is 0.333 e. The summed E-state index contributed by atoms with van der Waals surface area (Å²) in [4.78, 5) is 21.2. The van der Waals surface area contributed by atoms with Gasteiger partial charge in [-0.15, -0.1) is 0 Å². The lowest BCUT2D eigenvalue weighted by Gasteiger charge is -2.20. The molecule has 0 saturated carbocycles. The third-order valence-electron chi connectivity index (χ3n) is 3.34. The molecule has 0 bridgehead atoms. The van der Waals surface area contributed by atoms with E-state index >= 15 is 0 Å². The minimum absolute atomic E-state index is 0.142. The Hall–Kier alpha value is -1.62. The number of carboxylic acid groups (broad SMARTS) is 1. The van der Waals surface area contributed by atoms with Gasteiger partial charge in [-0.25, -0.2) is 9.59 Å². The molecule has 1 atom stereocenters. The van der Waals surface area contributed by atoms with Crippen LogP contribution in [0.3, 0.4) is 0 Å². The molecule has 118 valence electrons. The van der Waals surface area contributed by atoms with Crippen molar-refractivity contribution >= 4 is 11.9 Å². The second kappa shape index (κ2) is 8.62. The highest BCUT2D eigenvalue weighted by atomic mass is 16.6. The number of carbonyl (C=O) groups excluding carboxylic acids is 1. The molecule has 0 spiro atoms. The fraction of sp³-hybridized carbons (Fsp3) is 0.625. The lowest BCUT2D eigenvalue weighted by atomic mass is 9.85. The predicted octanol–water partition coefficient (Wildman–Crippen LogP) is 2.86. The molecule has 1 heterocycles. The van der Waals surface area contributed by atoms with Gasteiger partial charge in [0.15, 0.2) is 0 Å². The van der Waals surface area contributed by atoms with Crippen LogP contribution in [-0.2, 0) is 19.1 Å². The SMILES string of the molecule is C=C(C)C(=O)OCC1CO1.CCCCC1=C(C(=O)O)CC1. The van der Waals surface area contributed by atoms with Crippen molar-refractivity contribution in [3.8, 4) is 0 Å². The Labute approximate surface area is 125 Å². The third kappa shape index (κ3) is 6.58. The van der Waals surface area contributed by atoms with E-state index in [1.54, 1.807) is 6.92 Å². The Morgan fingerprint density at radius 3 is 2.48 bits per heavy atom. The van der Waals surface area contributed by atoms with Crippen LogP contribution >= 0.6 is 0 Å². The van der Waals surface area contributed by atoms with Gasteiger partial charge < -0.3 is 14.6 Å². The van der Waals surface area contributed by atoms with E-state index in [1.165, 1.54) is 5.57 Å². The molecular weight excluding hydrogens is 272 g/mol. The number of hydrogen-bond donors (Lipinski definition) is 1. The van der Waals surface area contributed by atoms with Crippen LogP contribution < -0.4 is 0 Å². The van der Waals surface area contributed by atoms with Gasteiger partial charge in [-0.2, -0.15) is 0 Å². The van der Waals surface area contributed by atoms with Crippen molar-refractivity contribution < 1.29 is 24.2 Å². The molecule has 1 unspecified atom stereocenters. The van der Waals surface area contributed by atoms with Crippen LogP contribution in [0.25, 0.3) is 0 Å². The average Bonchev–Trinajstić information content (AvgIpc) is 3.19. The molecule has 0 radical (unpaired) electrons. The fourth-order valence-electron chi connectivity index (χ4n) is 1.81. The standard InChI is InChI=1S/C9H14O2.C7H10O3/c1-2-3-4-7-5-6-8(7)9(10)11;1-5(2)7(8)10-4-6-3-9-6/h2-6H2,1H3,(H,10,11);6H,1,3-4H2,2H3. The van der Waals surface area contributed by atoms with Crippen molar-refractivity contribution in [2.75, 3.05) is 13.2 Å². The molecular formula is C16H24O5. The monoisotopic (exact) mass is 296 g/mol. The highest BCUT2D eigenvalue weighted by molar-refractivity contribution is 5.89. The summed E-state index contributed by atoms with van der Waals surface area (Å²) in [5.41, 5.74) is 2.29. The average molecular weight is 296 g/mol. The summed E-state index contributed by atoms with van der Waals surface area (Å²) in [6.45, 7) is 8.26. The van der Waals surface area contributed by atoms with Gasteiger partial charge in [0.25, 0.3) is 0 Å². The second-order valence-electron chi connectivity index (χ2n) is 5.32. The first-order chi connectivity index (χ1) is 9.95. The first-order valence-corrected chi connectivity index (χ1v) is 7.34. The number of rotatable bonds is 7. The molecule has 0 aromatic heterocycles. The Balaban J connectivity index is 0.000000211. The van der Waals surface area contributed by atoms with Gasteiger partial charge in [0.1, 0.15) is 12.7 Å². The minimum atomic E-state index is -0.706. The summed E-state index contributed by atoms with van der Waals surface area (Å²) < 4.78 is 9.60. The molecule has 2 rings (SSSR count). The third-order valence-corrected chi connectivity index (χ3v) is 3.34. The van der Waals surface area contributed by atoms with Gasteiger partial charge in [0.2, 0.25) is 0 Å². The lowest BCUT2D eigenvalue weighted by molar-refractivity contribution is -0.139. The van der Waals surface area contributed by atoms with Crippen molar-refractivity contribution in [2.45, 2.75) is 52.1 Å². The van der Waals surface area contributed by atoms with Crippen LogP contribution in [-0.4, -0.2) is 36.4 Å². The Morgan fingerprint density at radius 2 is 2.10 bits per heavy atom. The number of epoxide rings is 1. The normalized spacial score (nSPS) is 19.0. The maximum Gasteiger partial charge on any atom is 0.333 e. The first-order valence-electron chi connectivity index (χ1n) is 7.34. The van der Waals surface area contributed by atoms with Crippen molar-refractivity contribution in [3.63, 3.8) is 0 Å². The summed E-state index contributed by atoms with van der Waals surface area (Å²) in [5.74, 6) is -1.04. The summed E-state index contributed by atoms with van der Waals surface area (Å²) in [6, 6.07) is 0. The van der Waals surface area contributed by atoms with E-state index in [2.05, 4.69) is 13.5 Å². The summed E-state index contributed by atoms with van der Waals surface area (Å²) >= 11 is 0. The maximum atomic E-state index is 10.7. The van der Waals surface area contributed by atoms with Crippen molar-refractivity contribution in [2.24, 2.45) is 0 Å². The highest BCUT2D eigenvalue weighted by Crippen LogP contribution is 2.31. The van der Waals surface area contributed by atoms with E-state index in [-0.39, 0.29) is 12.1 Å². The van der Waals surface area contributed by atoms with E-state index < -0.39 is 5.97 Å². The van der Waals surface area contributed by atoms with Gasteiger partial charge >= 0.3 is 11.9 Å². The van der Waals surface area contributed by atoms with Crippen LogP contribution in [0.5, 0.6) is 0 Å².